The maximum absolute atomic E-state index is 13.5. The number of aliphatic carboxylic acids is 1. The fraction of sp³-hybridized carbons (Fsp3) is 0.333. The second-order valence-corrected chi connectivity index (χ2v) is 10.5. The summed E-state index contributed by atoms with van der Waals surface area (Å²) in [5.41, 5.74) is 24.1. The third kappa shape index (κ3) is 10.7. The number of H-pyrrole nitrogens is 1. The number of primary amides is 1. The van der Waals surface area contributed by atoms with Gasteiger partial charge in [-0.2, -0.15) is 0 Å². The van der Waals surface area contributed by atoms with E-state index in [-0.39, 0.29) is 31.8 Å². The number of aromatic amines is 1. The van der Waals surface area contributed by atoms with Crippen molar-refractivity contribution in [3.05, 3.63) is 71.9 Å². The molecule has 3 aromatic rings. The molecule has 15 heteroatoms. The van der Waals surface area contributed by atoms with Crippen molar-refractivity contribution in [1.82, 2.24) is 20.9 Å². The van der Waals surface area contributed by atoms with Crippen molar-refractivity contribution in [3.63, 3.8) is 0 Å². The molecule has 0 fully saturated rings. The third-order valence-electron chi connectivity index (χ3n) is 6.97. The average Bonchev–Trinajstić information content (AvgIpc) is 3.40. The zero-order valence-electron chi connectivity index (χ0n) is 24.6. The van der Waals surface area contributed by atoms with Crippen LogP contribution in [0.2, 0.25) is 0 Å². The lowest BCUT2D eigenvalue weighted by atomic mass is 10.0. The number of nitrogens with one attached hydrogen (secondary N) is 4. The van der Waals surface area contributed by atoms with E-state index in [1.165, 1.54) is 0 Å². The summed E-state index contributed by atoms with van der Waals surface area (Å²) >= 11 is 0. The van der Waals surface area contributed by atoms with Crippen LogP contribution in [0.1, 0.15) is 30.4 Å². The molecule has 0 aliphatic rings. The van der Waals surface area contributed by atoms with Crippen LogP contribution in [0.15, 0.2) is 65.8 Å². The van der Waals surface area contributed by atoms with Gasteiger partial charge in [-0.15, -0.1) is 0 Å². The molecule has 0 aliphatic heterocycles. The van der Waals surface area contributed by atoms with Crippen molar-refractivity contribution >= 4 is 46.5 Å². The minimum absolute atomic E-state index is 0.0301. The minimum atomic E-state index is -1.52. The van der Waals surface area contributed by atoms with Crippen molar-refractivity contribution in [2.45, 2.75) is 56.3 Å². The van der Waals surface area contributed by atoms with E-state index in [2.05, 4.69) is 25.9 Å². The molecule has 2 aromatic carbocycles. The number of para-hydroxylation sites is 1. The van der Waals surface area contributed by atoms with Crippen LogP contribution in [0.3, 0.4) is 0 Å². The first-order valence-corrected chi connectivity index (χ1v) is 14.3. The predicted octanol–water partition coefficient (Wildman–Crippen LogP) is -1.25. The Kier molecular flexibility index (Phi) is 12.4. The van der Waals surface area contributed by atoms with Crippen LogP contribution in [-0.4, -0.2) is 76.4 Å². The van der Waals surface area contributed by atoms with E-state index in [1.807, 2.05) is 18.2 Å². The normalized spacial score (nSPS) is 13.5. The Morgan fingerprint density at radius 2 is 1.42 bits per heavy atom. The van der Waals surface area contributed by atoms with Gasteiger partial charge in [0.15, 0.2) is 5.96 Å². The molecule has 15 nitrogen and oxygen atoms in total. The number of benzene rings is 2. The van der Waals surface area contributed by atoms with E-state index >= 15 is 0 Å². The first-order chi connectivity index (χ1) is 21.4. The summed E-state index contributed by atoms with van der Waals surface area (Å²) in [7, 11) is 0. The molecule has 45 heavy (non-hydrogen) atoms. The molecular weight excluding hydrogens is 582 g/mol. The first-order valence-electron chi connectivity index (χ1n) is 14.3. The number of carboxylic acid groups (broad SMARTS) is 1. The van der Waals surface area contributed by atoms with E-state index in [1.54, 1.807) is 42.6 Å². The molecule has 0 aliphatic carbocycles. The number of guanidine groups is 1. The van der Waals surface area contributed by atoms with Crippen molar-refractivity contribution in [2.75, 3.05) is 6.54 Å². The smallest absolute Gasteiger partial charge is 0.326 e. The Morgan fingerprint density at radius 3 is 2.09 bits per heavy atom. The summed E-state index contributed by atoms with van der Waals surface area (Å²) in [5, 5.41) is 18.1. The van der Waals surface area contributed by atoms with Gasteiger partial charge >= 0.3 is 5.97 Å². The van der Waals surface area contributed by atoms with Gasteiger partial charge < -0.3 is 49.0 Å². The Bertz CT molecular complexity index is 1520. The number of hydrogen-bond acceptors (Lipinski definition) is 7. The maximum atomic E-state index is 13.5. The van der Waals surface area contributed by atoms with Crippen molar-refractivity contribution in [1.29, 1.82) is 0 Å². The van der Waals surface area contributed by atoms with Gasteiger partial charge in [0, 0.05) is 36.5 Å². The summed E-state index contributed by atoms with van der Waals surface area (Å²) in [6.07, 6.45) is 1.62. The fourth-order valence-electron chi connectivity index (χ4n) is 4.66. The lowest BCUT2D eigenvalue weighted by Gasteiger charge is -2.25. The van der Waals surface area contributed by atoms with Crippen molar-refractivity contribution in [3.8, 4) is 0 Å². The zero-order chi connectivity index (χ0) is 32.9. The van der Waals surface area contributed by atoms with Crippen molar-refractivity contribution in [2.24, 2.45) is 27.9 Å². The first kappa shape index (κ1) is 34.1. The van der Waals surface area contributed by atoms with Crippen LogP contribution >= 0.6 is 0 Å². The second kappa shape index (κ2) is 16.4. The number of carbonyl (C=O) groups is 5. The highest BCUT2D eigenvalue weighted by atomic mass is 16.4. The molecule has 1 aromatic heterocycles. The van der Waals surface area contributed by atoms with E-state index in [0.29, 0.717) is 17.5 Å². The number of aromatic nitrogens is 1. The second-order valence-electron chi connectivity index (χ2n) is 10.5. The molecule has 0 radical (unpaired) electrons. The number of hydrogen-bond donors (Lipinski definition) is 9. The van der Waals surface area contributed by atoms with E-state index in [0.717, 1.165) is 10.9 Å². The van der Waals surface area contributed by atoms with Gasteiger partial charge in [0.2, 0.25) is 23.6 Å². The van der Waals surface area contributed by atoms with Crippen LogP contribution in [0.25, 0.3) is 10.9 Å². The number of nitrogens with two attached hydrogens (primary N) is 4. The summed E-state index contributed by atoms with van der Waals surface area (Å²) in [6.45, 7) is 0.263. The van der Waals surface area contributed by atoms with Gasteiger partial charge in [0.25, 0.3) is 0 Å². The van der Waals surface area contributed by atoms with Crippen LogP contribution in [0, 0.1) is 0 Å². The number of nitrogens with zero attached hydrogens (tertiary/aromatic N) is 1. The molecule has 4 amide bonds. The van der Waals surface area contributed by atoms with Crippen LogP contribution < -0.4 is 38.9 Å². The Morgan fingerprint density at radius 1 is 0.800 bits per heavy atom. The molecule has 0 saturated heterocycles. The monoisotopic (exact) mass is 621 g/mol. The standard InChI is InChI=1S/C30H39N9O6/c31-20(10-6-12-35-30(33)34)26(41)37-22(13-17-7-2-1-3-8-17)27(42)38-23(15-25(32)40)28(43)39-24(29(44)45)14-18-16-36-21-11-5-4-9-19(18)21/h1-5,7-9,11,16,20,22-24,36H,6,10,12-15,31H2,(H2,32,40)(H,37,41)(H,38,42)(H,39,43)(H,44,45)(H4,33,34,35). The lowest BCUT2D eigenvalue weighted by molar-refractivity contribution is -0.142. The number of fused-ring (bicyclic) bond motifs is 1. The molecule has 240 valence electrons. The summed E-state index contributed by atoms with van der Waals surface area (Å²) < 4.78 is 0. The molecule has 13 N–H and O–H groups in total. The molecular formula is C30H39N9O6. The zero-order valence-corrected chi connectivity index (χ0v) is 24.6. The van der Waals surface area contributed by atoms with Gasteiger partial charge in [0.05, 0.1) is 12.5 Å². The van der Waals surface area contributed by atoms with E-state index < -0.39 is 60.2 Å². The highest BCUT2D eigenvalue weighted by Crippen LogP contribution is 2.19. The van der Waals surface area contributed by atoms with E-state index in [4.69, 9.17) is 22.9 Å². The number of aliphatic imine (C=N–C) groups is 1. The molecule has 0 spiro atoms. The Hall–Kier alpha value is -5.44. The largest absolute Gasteiger partial charge is 0.480 e. The van der Waals surface area contributed by atoms with Gasteiger partial charge in [-0.05, 0) is 30.0 Å². The highest BCUT2D eigenvalue weighted by molar-refractivity contribution is 5.96. The average molecular weight is 622 g/mol. The van der Waals surface area contributed by atoms with E-state index in [9.17, 15) is 29.1 Å². The highest BCUT2D eigenvalue weighted by Gasteiger charge is 2.31. The summed E-state index contributed by atoms with van der Waals surface area (Å²) in [6, 6.07) is 11.0. The topological polar surface area (TPSA) is 274 Å². The molecule has 0 saturated carbocycles. The molecule has 4 unspecified atom stereocenters. The molecule has 4 atom stereocenters. The summed E-state index contributed by atoms with van der Waals surface area (Å²) in [4.78, 5) is 70.6. The number of amides is 4. The fourth-order valence-corrected chi connectivity index (χ4v) is 4.66. The number of carboxylic acids is 1. The lowest BCUT2D eigenvalue weighted by Crippen LogP contribution is -2.58. The third-order valence-corrected chi connectivity index (χ3v) is 6.97. The van der Waals surface area contributed by atoms with Crippen LogP contribution in [0.4, 0.5) is 0 Å². The van der Waals surface area contributed by atoms with Crippen LogP contribution in [-0.2, 0) is 36.8 Å². The molecule has 1 heterocycles. The predicted molar refractivity (Wildman–Crippen MR) is 167 cm³/mol. The molecule has 3 rings (SSSR count). The quantitative estimate of drug-likeness (QED) is 0.0494. The van der Waals surface area contributed by atoms with Gasteiger partial charge in [0.1, 0.15) is 18.1 Å². The SMILES string of the molecule is NC(=O)CC(NC(=O)C(Cc1ccccc1)NC(=O)C(N)CCCN=C(N)N)C(=O)NC(Cc1c[nH]c2ccccc12)C(=O)O. The Balaban J connectivity index is 1.75. The number of carbonyl (C=O) groups excluding carboxylic acids is 4. The van der Waals surface area contributed by atoms with Gasteiger partial charge in [-0.3, -0.25) is 24.2 Å². The summed E-state index contributed by atoms with van der Waals surface area (Å²) in [5.74, 6) is -4.68. The van der Waals surface area contributed by atoms with Crippen molar-refractivity contribution < 1.29 is 29.1 Å². The Labute approximate surface area is 259 Å². The number of rotatable bonds is 17. The minimum Gasteiger partial charge on any atom is -0.480 e. The molecule has 0 bridgehead atoms. The van der Waals surface area contributed by atoms with Crippen LogP contribution in [0.5, 0.6) is 0 Å². The van der Waals surface area contributed by atoms with Gasteiger partial charge in [-0.1, -0.05) is 48.5 Å². The maximum Gasteiger partial charge on any atom is 0.326 e. The van der Waals surface area contributed by atoms with Gasteiger partial charge in [-0.25, -0.2) is 4.79 Å².